The van der Waals surface area contributed by atoms with Crippen LogP contribution < -0.4 is 11.4 Å². The average Bonchev–Trinajstić information content (AvgIpc) is 3.19. The van der Waals surface area contributed by atoms with Gasteiger partial charge in [-0.1, -0.05) is 43.2 Å². The highest BCUT2D eigenvalue weighted by atomic mass is 33.1. The van der Waals surface area contributed by atoms with E-state index in [2.05, 4.69) is 4.98 Å². The van der Waals surface area contributed by atoms with Crippen LogP contribution in [0.5, 0.6) is 0 Å². The van der Waals surface area contributed by atoms with Crippen LogP contribution in [0.3, 0.4) is 0 Å². The number of aliphatic hydroxyl groups is 1. The van der Waals surface area contributed by atoms with Crippen molar-refractivity contribution >= 4 is 80.5 Å². The van der Waals surface area contributed by atoms with Crippen molar-refractivity contribution in [3.8, 4) is 0 Å². The van der Waals surface area contributed by atoms with Gasteiger partial charge >= 0.3 is 25.5 Å². The number of halogens is 1. The van der Waals surface area contributed by atoms with Crippen molar-refractivity contribution < 1.29 is 46.7 Å². The molecule has 234 valence electrons. The van der Waals surface area contributed by atoms with E-state index in [1.54, 1.807) is 0 Å². The number of thioether (sulfide) groups is 1. The molecule has 2 rings (SSSR count). The fourth-order valence-electron chi connectivity index (χ4n) is 3.00. The molecule has 1 aliphatic rings. The van der Waals surface area contributed by atoms with E-state index in [-0.39, 0.29) is 50.8 Å². The van der Waals surface area contributed by atoms with E-state index >= 15 is 0 Å². The summed E-state index contributed by atoms with van der Waals surface area (Å²) in [6.45, 7) is 2.84. The third-order valence-electron chi connectivity index (χ3n) is 4.76. The first-order valence-electron chi connectivity index (χ1n) is 12.1. The minimum absolute atomic E-state index is 0.00795. The van der Waals surface area contributed by atoms with Gasteiger partial charge in [-0.2, -0.15) is 4.98 Å². The van der Waals surface area contributed by atoms with Gasteiger partial charge in [0.05, 0.1) is 25.1 Å². The molecule has 0 bridgehead atoms. The van der Waals surface area contributed by atoms with Gasteiger partial charge in [-0.05, 0) is 6.07 Å². The molecule has 1 aliphatic heterocycles. The largest absolute Gasteiger partial charge is 0.474 e. The summed E-state index contributed by atoms with van der Waals surface area (Å²) in [7, 11) is 1.62. The Bertz CT molecular complexity index is 1040. The number of nitrogen functional groups attached to an aromatic ring is 1. The van der Waals surface area contributed by atoms with Crippen molar-refractivity contribution in [3.05, 3.63) is 22.7 Å². The van der Waals surface area contributed by atoms with Gasteiger partial charge in [0.2, 0.25) is 0 Å². The van der Waals surface area contributed by atoms with Crippen LogP contribution >= 0.6 is 62.8 Å². The number of phosphoric acid groups is 1. The Morgan fingerprint density at radius 1 is 1.02 bits per heavy atom. The van der Waals surface area contributed by atoms with E-state index in [1.807, 2.05) is 0 Å². The number of aliphatic hydroxyl groups excluding tert-OH is 1. The zero-order chi connectivity index (χ0) is 30.3. The quantitative estimate of drug-likeness (QED) is 0.0877. The summed E-state index contributed by atoms with van der Waals surface area (Å²) >= 11 is 0.937. The molecule has 2 heterocycles. The topological polar surface area (TPSA) is 178 Å². The summed E-state index contributed by atoms with van der Waals surface area (Å²) in [5.41, 5.74) is 4.74. The number of hydrogen-bond donors (Lipinski definition) is 2. The third-order valence-corrected chi connectivity index (χ3v) is 12.4. The van der Waals surface area contributed by atoms with E-state index < -0.39 is 36.4 Å². The monoisotopic (exact) mass is 697 g/mol. The maximum Gasteiger partial charge on any atom is 0.474 e. The summed E-state index contributed by atoms with van der Waals surface area (Å²) in [5.74, 6) is 1.25. The van der Waals surface area contributed by atoms with Crippen molar-refractivity contribution in [3.63, 3.8) is 0 Å². The number of anilines is 1. The van der Waals surface area contributed by atoms with Crippen molar-refractivity contribution in [2.45, 2.75) is 36.7 Å². The summed E-state index contributed by atoms with van der Waals surface area (Å²) in [4.78, 5) is 37.4. The smallest absolute Gasteiger partial charge is 0.465 e. The van der Waals surface area contributed by atoms with Gasteiger partial charge in [0.1, 0.15) is 30.5 Å². The maximum atomic E-state index is 14.9. The second-order valence-corrected chi connectivity index (χ2v) is 16.4. The summed E-state index contributed by atoms with van der Waals surface area (Å²) in [6.07, 6.45) is -2.04. The molecule has 0 aromatic carbocycles. The second-order valence-electron chi connectivity index (χ2n) is 7.92. The van der Waals surface area contributed by atoms with Gasteiger partial charge in [-0.3, -0.25) is 27.7 Å². The molecule has 1 fully saturated rings. The SMILES string of the molecule is CC(=O)OCCSSCCOP(=O)(OCCSSCCOC(C)=O)OC[C@H]1S[C@@H](n2ccc(N)nc2=O)[C@@H](F)[C@@H]1O. The van der Waals surface area contributed by atoms with Gasteiger partial charge in [0.25, 0.3) is 0 Å². The summed E-state index contributed by atoms with van der Waals surface area (Å²) < 4.78 is 55.4. The minimum Gasteiger partial charge on any atom is -0.465 e. The summed E-state index contributed by atoms with van der Waals surface area (Å²) in [6, 6.07) is 1.35. The number of alkyl halides is 1. The van der Waals surface area contributed by atoms with Gasteiger partial charge in [-0.25, -0.2) is 13.8 Å². The van der Waals surface area contributed by atoms with Crippen LogP contribution in [0.15, 0.2) is 17.1 Å². The van der Waals surface area contributed by atoms with Gasteiger partial charge in [-0.15, -0.1) is 11.8 Å². The molecule has 1 aromatic rings. The molecule has 3 N–H and O–H groups in total. The molecule has 4 atom stereocenters. The molecule has 1 saturated heterocycles. The highest BCUT2D eigenvalue weighted by molar-refractivity contribution is 8.77. The van der Waals surface area contributed by atoms with Gasteiger partial charge in [0, 0.05) is 43.1 Å². The lowest BCUT2D eigenvalue weighted by atomic mass is 10.1. The number of esters is 2. The molecule has 0 amide bonds. The standard InChI is InChI=1S/C21H33FN3O10PS5/c1-14(26)31-5-9-37-39-11-7-33-36(30,34-8-12-40-38-10-6-32-15(2)27)35-13-16-19(28)18(22)20(41-16)25-4-3-17(23)24-21(25)29/h3-4,16,18-20,28H,5-13H2,1-2H3,(H2,23,24,29)/t16-,18+,19-,20-/m1/s1. The Labute approximate surface area is 257 Å². The van der Waals surface area contributed by atoms with Gasteiger partial charge in [0.15, 0.2) is 6.17 Å². The Morgan fingerprint density at radius 3 is 2.02 bits per heavy atom. The number of ether oxygens (including phenoxy) is 2. The van der Waals surface area contributed by atoms with E-state index in [4.69, 9.17) is 28.8 Å². The Hall–Kier alpha value is -0.630. The number of carbonyl (C=O) groups excluding carboxylic acids is 2. The summed E-state index contributed by atoms with van der Waals surface area (Å²) in [5, 5.41) is 8.49. The lowest BCUT2D eigenvalue weighted by molar-refractivity contribution is -0.141. The highest BCUT2D eigenvalue weighted by Crippen LogP contribution is 2.52. The minimum atomic E-state index is -4.10. The molecule has 0 spiro atoms. The molecule has 0 aliphatic carbocycles. The predicted molar refractivity (Wildman–Crippen MR) is 163 cm³/mol. The average molecular weight is 698 g/mol. The zero-order valence-electron chi connectivity index (χ0n) is 22.3. The van der Waals surface area contributed by atoms with Crippen LogP contribution in [0.4, 0.5) is 10.2 Å². The van der Waals surface area contributed by atoms with E-state index in [0.717, 1.165) is 16.3 Å². The molecular weight excluding hydrogens is 665 g/mol. The van der Waals surface area contributed by atoms with Crippen LogP contribution in [-0.2, 0) is 37.2 Å². The highest BCUT2D eigenvalue weighted by Gasteiger charge is 2.46. The van der Waals surface area contributed by atoms with Crippen LogP contribution in [0.1, 0.15) is 19.2 Å². The zero-order valence-corrected chi connectivity index (χ0v) is 27.3. The molecule has 0 saturated carbocycles. The van der Waals surface area contributed by atoms with Crippen molar-refractivity contribution in [1.82, 2.24) is 9.55 Å². The fraction of sp³-hybridized carbons (Fsp3) is 0.714. The van der Waals surface area contributed by atoms with E-state index in [1.165, 1.54) is 69.3 Å². The van der Waals surface area contributed by atoms with Crippen molar-refractivity contribution in [2.75, 3.05) is 61.8 Å². The van der Waals surface area contributed by atoms with Gasteiger partial charge < -0.3 is 20.3 Å². The number of nitrogens with two attached hydrogens (primary N) is 1. The maximum absolute atomic E-state index is 14.9. The first-order valence-corrected chi connectivity index (χ1v) is 19.5. The number of nitrogens with zero attached hydrogens (tertiary/aromatic N) is 2. The molecule has 0 unspecified atom stereocenters. The van der Waals surface area contributed by atoms with Crippen molar-refractivity contribution in [2.24, 2.45) is 0 Å². The number of phosphoric ester groups is 1. The molecule has 41 heavy (non-hydrogen) atoms. The van der Waals surface area contributed by atoms with E-state index in [9.17, 15) is 28.4 Å². The predicted octanol–water partition coefficient (Wildman–Crippen LogP) is 3.19. The number of rotatable bonds is 20. The normalized spacial score (nSPS) is 20.7. The van der Waals surface area contributed by atoms with Crippen molar-refractivity contribution in [1.29, 1.82) is 0 Å². The number of hydrogen-bond acceptors (Lipinski definition) is 17. The van der Waals surface area contributed by atoms with Crippen LogP contribution in [0.25, 0.3) is 0 Å². The molecule has 0 radical (unpaired) electrons. The first kappa shape index (κ1) is 36.6. The molecule has 20 heteroatoms. The third kappa shape index (κ3) is 14.1. The number of aromatic nitrogens is 2. The van der Waals surface area contributed by atoms with Crippen LogP contribution in [0.2, 0.25) is 0 Å². The number of carbonyl (C=O) groups is 2. The lowest BCUT2D eigenvalue weighted by Crippen LogP contribution is -2.33. The molecule has 13 nitrogen and oxygen atoms in total. The van der Waals surface area contributed by atoms with E-state index in [0.29, 0.717) is 23.0 Å². The fourth-order valence-corrected chi connectivity index (χ4v) is 9.27. The lowest BCUT2D eigenvalue weighted by Gasteiger charge is -2.21. The molecular formula is C21H33FN3O10PS5. The second kappa shape index (κ2) is 19.6. The Kier molecular flexibility index (Phi) is 17.5. The Morgan fingerprint density at radius 2 is 1.54 bits per heavy atom. The molecule has 1 aromatic heterocycles. The van der Waals surface area contributed by atoms with Crippen LogP contribution in [0, 0.1) is 0 Å². The first-order chi connectivity index (χ1) is 19.5. The Balaban J connectivity index is 1.87. The van der Waals surface area contributed by atoms with Crippen LogP contribution in [-0.4, -0.2) is 100 Å².